The van der Waals surface area contributed by atoms with Crippen LogP contribution in [0.1, 0.15) is 62.5 Å². The van der Waals surface area contributed by atoms with Crippen molar-refractivity contribution in [3.63, 3.8) is 0 Å². The molecular weight excluding hydrogens is 447 g/mol. The third-order valence-corrected chi connectivity index (χ3v) is 7.74. The number of hydrogen-bond donors (Lipinski definition) is 2. The number of fused-ring (bicyclic) bond motifs is 1. The summed E-state index contributed by atoms with van der Waals surface area (Å²) in [5, 5.41) is 19.7. The van der Waals surface area contributed by atoms with Crippen LogP contribution in [0.5, 0.6) is 0 Å². The second-order valence-electron chi connectivity index (χ2n) is 10.3. The van der Waals surface area contributed by atoms with E-state index < -0.39 is 18.2 Å². The van der Waals surface area contributed by atoms with Gasteiger partial charge in [-0.25, -0.2) is 4.39 Å². The van der Waals surface area contributed by atoms with Gasteiger partial charge in [0.15, 0.2) is 6.29 Å². The molecule has 5 nitrogen and oxygen atoms in total. The third kappa shape index (κ3) is 7.25. The number of aliphatic carboxylic acids is 1. The summed E-state index contributed by atoms with van der Waals surface area (Å²) in [7, 11) is 0. The van der Waals surface area contributed by atoms with Gasteiger partial charge in [-0.05, 0) is 74.3 Å². The van der Waals surface area contributed by atoms with E-state index in [1.807, 2.05) is 30.4 Å². The molecule has 2 aliphatic carbocycles. The number of alkyl halides is 1. The number of unbranched alkanes of at least 4 members (excludes halogenated alkanes) is 1. The zero-order valence-electron chi connectivity index (χ0n) is 20.4. The van der Waals surface area contributed by atoms with E-state index in [0.717, 1.165) is 32.1 Å². The first-order chi connectivity index (χ1) is 17.0. The van der Waals surface area contributed by atoms with Gasteiger partial charge in [0.25, 0.3) is 0 Å². The van der Waals surface area contributed by atoms with Crippen LogP contribution in [0.15, 0.2) is 48.6 Å². The number of halogens is 1. The Morgan fingerprint density at radius 1 is 1.20 bits per heavy atom. The molecule has 35 heavy (non-hydrogen) atoms. The molecule has 6 heteroatoms. The Morgan fingerprint density at radius 2 is 1.97 bits per heavy atom. The highest BCUT2D eigenvalue weighted by Crippen LogP contribution is 2.41. The van der Waals surface area contributed by atoms with Crippen molar-refractivity contribution in [1.29, 1.82) is 0 Å². The molecule has 1 heterocycles. The standard InChI is InChI=1S/C29H39FO5/c30-25-19-27(35-29-13-7-8-16-34-29)24(11-3-1-2-4-12-28(32)33)23(25)14-15-26(31)22-17-20-9-5-6-10-21(20)18-22/h1,3,5-6,9-10,14-15,22-27,29,31H,2,4,7-8,11-13,16-19H2,(H,32,33)/t23-,24-,25+,26-,27+,29?/m1/s1. The summed E-state index contributed by atoms with van der Waals surface area (Å²) in [6.07, 6.45) is 12.6. The fraction of sp³-hybridized carbons (Fsp3) is 0.621. The molecular formula is C29H39FO5. The predicted molar refractivity (Wildman–Crippen MR) is 133 cm³/mol. The van der Waals surface area contributed by atoms with Crippen LogP contribution in [0.2, 0.25) is 0 Å². The maximum atomic E-state index is 15.3. The van der Waals surface area contributed by atoms with Crippen molar-refractivity contribution in [2.45, 2.75) is 88.9 Å². The van der Waals surface area contributed by atoms with Crippen molar-refractivity contribution in [2.75, 3.05) is 6.61 Å². The van der Waals surface area contributed by atoms with Crippen LogP contribution in [0, 0.1) is 17.8 Å². The SMILES string of the molecule is O=C(O)CCCC=CC[C@@H]1[C@@H](C=C[C@@H](O)C2Cc3ccccc3C2)[C@@H](F)C[C@@H]1OC1CCCCO1. The van der Waals surface area contributed by atoms with E-state index in [0.29, 0.717) is 32.3 Å². The minimum Gasteiger partial charge on any atom is -0.481 e. The van der Waals surface area contributed by atoms with E-state index in [4.69, 9.17) is 14.6 Å². The molecule has 3 aliphatic rings. The Labute approximate surface area is 208 Å². The van der Waals surface area contributed by atoms with E-state index in [1.54, 1.807) is 6.08 Å². The smallest absolute Gasteiger partial charge is 0.303 e. The van der Waals surface area contributed by atoms with Gasteiger partial charge in [0.05, 0.1) is 12.2 Å². The molecule has 1 unspecified atom stereocenters. The van der Waals surface area contributed by atoms with E-state index in [2.05, 4.69) is 12.1 Å². The van der Waals surface area contributed by atoms with Crippen LogP contribution in [0.3, 0.4) is 0 Å². The van der Waals surface area contributed by atoms with Gasteiger partial charge < -0.3 is 19.7 Å². The fourth-order valence-corrected chi connectivity index (χ4v) is 5.79. The molecule has 1 aliphatic heterocycles. The minimum atomic E-state index is -1.03. The van der Waals surface area contributed by atoms with Crippen LogP contribution in [0.4, 0.5) is 4.39 Å². The molecule has 4 rings (SSSR count). The molecule has 1 aromatic rings. The molecule has 0 aromatic heterocycles. The molecule has 0 radical (unpaired) electrons. The Bertz CT molecular complexity index is 853. The summed E-state index contributed by atoms with van der Waals surface area (Å²) in [6.45, 7) is 0.684. The molecule has 192 valence electrons. The van der Waals surface area contributed by atoms with Gasteiger partial charge in [-0.3, -0.25) is 4.79 Å². The number of carboxylic acid groups (broad SMARTS) is 1. The minimum absolute atomic E-state index is 0.0459. The number of allylic oxidation sites excluding steroid dienone is 3. The number of rotatable bonds is 11. The van der Waals surface area contributed by atoms with Gasteiger partial charge >= 0.3 is 5.97 Å². The molecule has 0 amide bonds. The Hall–Kier alpha value is -2.02. The largest absolute Gasteiger partial charge is 0.481 e. The molecule has 1 aromatic carbocycles. The number of hydrogen-bond acceptors (Lipinski definition) is 4. The molecule has 6 atom stereocenters. The Morgan fingerprint density at radius 3 is 2.66 bits per heavy atom. The van der Waals surface area contributed by atoms with Crippen molar-refractivity contribution in [3.8, 4) is 0 Å². The van der Waals surface area contributed by atoms with Crippen molar-refractivity contribution < 1.29 is 28.9 Å². The number of ether oxygens (including phenoxy) is 2. The van der Waals surface area contributed by atoms with Crippen LogP contribution >= 0.6 is 0 Å². The number of carbonyl (C=O) groups is 1. The lowest BCUT2D eigenvalue weighted by molar-refractivity contribution is -0.195. The van der Waals surface area contributed by atoms with E-state index in [1.165, 1.54) is 11.1 Å². The van der Waals surface area contributed by atoms with Crippen molar-refractivity contribution >= 4 is 5.97 Å². The van der Waals surface area contributed by atoms with Gasteiger partial charge in [0, 0.05) is 25.4 Å². The zero-order chi connectivity index (χ0) is 24.6. The Kier molecular flexibility index (Phi) is 9.52. The number of aliphatic hydroxyl groups excluding tert-OH is 1. The molecule has 1 saturated heterocycles. The summed E-state index contributed by atoms with van der Waals surface area (Å²) in [5.41, 5.74) is 2.59. The number of benzene rings is 1. The second kappa shape index (κ2) is 12.8. The molecule has 2 fully saturated rings. The van der Waals surface area contributed by atoms with Gasteiger partial charge in [0.1, 0.15) is 6.17 Å². The molecule has 0 bridgehead atoms. The Balaban J connectivity index is 1.38. The average Bonchev–Trinajstić information content (AvgIpc) is 3.41. The molecule has 2 N–H and O–H groups in total. The highest BCUT2D eigenvalue weighted by Gasteiger charge is 2.43. The second-order valence-corrected chi connectivity index (χ2v) is 10.3. The van der Waals surface area contributed by atoms with Crippen LogP contribution < -0.4 is 0 Å². The third-order valence-electron chi connectivity index (χ3n) is 7.74. The van der Waals surface area contributed by atoms with Crippen molar-refractivity contribution in [2.24, 2.45) is 17.8 Å². The predicted octanol–water partition coefficient (Wildman–Crippen LogP) is 5.41. The van der Waals surface area contributed by atoms with Crippen molar-refractivity contribution in [3.05, 3.63) is 59.7 Å². The molecule has 0 spiro atoms. The first-order valence-electron chi connectivity index (χ1n) is 13.2. The normalized spacial score (nSPS) is 30.3. The topological polar surface area (TPSA) is 76.0 Å². The first-order valence-corrected chi connectivity index (χ1v) is 13.2. The van der Waals surface area contributed by atoms with Crippen molar-refractivity contribution in [1.82, 2.24) is 0 Å². The van der Waals surface area contributed by atoms with Crippen LogP contribution in [-0.4, -0.2) is 47.5 Å². The van der Waals surface area contributed by atoms with Crippen LogP contribution in [-0.2, 0) is 27.1 Å². The highest BCUT2D eigenvalue weighted by molar-refractivity contribution is 5.66. The summed E-state index contributed by atoms with van der Waals surface area (Å²) in [5.74, 6) is -1.04. The van der Waals surface area contributed by atoms with Gasteiger partial charge in [-0.2, -0.15) is 0 Å². The maximum Gasteiger partial charge on any atom is 0.303 e. The van der Waals surface area contributed by atoms with E-state index in [-0.39, 0.29) is 36.6 Å². The van der Waals surface area contributed by atoms with Gasteiger partial charge in [-0.15, -0.1) is 0 Å². The average molecular weight is 487 g/mol. The van der Waals surface area contributed by atoms with Gasteiger partial charge in [-0.1, -0.05) is 48.6 Å². The van der Waals surface area contributed by atoms with E-state index in [9.17, 15) is 9.90 Å². The lowest BCUT2D eigenvalue weighted by Crippen LogP contribution is -2.31. The lowest BCUT2D eigenvalue weighted by Gasteiger charge is -2.29. The molecule has 1 saturated carbocycles. The monoisotopic (exact) mass is 486 g/mol. The quantitative estimate of drug-likeness (QED) is 0.323. The van der Waals surface area contributed by atoms with E-state index >= 15 is 4.39 Å². The van der Waals surface area contributed by atoms with Crippen LogP contribution in [0.25, 0.3) is 0 Å². The number of carboxylic acids is 1. The number of aliphatic hydroxyl groups is 1. The zero-order valence-corrected chi connectivity index (χ0v) is 20.4. The summed E-state index contributed by atoms with van der Waals surface area (Å²) < 4.78 is 27.3. The maximum absolute atomic E-state index is 15.3. The highest BCUT2D eigenvalue weighted by atomic mass is 19.1. The summed E-state index contributed by atoms with van der Waals surface area (Å²) in [6, 6.07) is 8.31. The fourth-order valence-electron chi connectivity index (χ4n) is 5.79. The lowest BCUT2D eigenvalue weighted by atomic mass is 9.88. The summed E-state index contributed by atoms with van der Waals surface area (Å²) >= 11 is 0. The van der Waals surface area contributed by atoms with Gasteiger partial charge in [0.2, 0.25) is 0 Å². The first kappa shape index (κ1) is 26.1. The summed E-state index contributed by atoms with van der Waals surface area (Å²) in [4.78, 5) is 10.7.